The Balaban J connectivity index is 2.17. The summed E-state index contributed by atoms with van der Waals surface area (Å²) >= 11 is 0. The zero-order valence-corrected chi connectivity index (χ0v) is 16.1. The predicted molar refractivity (Wildman–Crippen MR) is 99.9 cm³/mol. The van der Waals surface area contributed by atoms with Crippen molar-refractivity contribution >= 4 is 0 Å². The molecule has 142 valence electrons. The molecule has 0 aromatic heterocycles. The van der Waals surface area contributed by atoms with Crippen molar-refractivity contribution in [3.63, 3.8) is 0 Å². The van der Waals surface area contributed by atoms with Crippen LogP contribution in [0.1, 0.15) is 38.7 Å². The van der Waals surface area contributed by atoms with Gasteiger partial charge < -0.3 is 24.2 Å². The molecule has 2 rings (SSSR count). The first-order valence-corrected chi connectivity index (χ1v) is 9.40. The number of aliphatic hydroxyl groups excluding tert-OH is 1. The van der Waals surface area contributed by atoms with Gasteiger partial charge in [0.15, 0.2) is 11.5 Å². The van der Waals surface area contributed by atoms with Crippen molar-refractivity contribution in [1.29, 1.82) is 0 Å². The highest BCUT2D eigenvalue weighted by Crippen LogP contribution is 2.39. The van der Waals surface area contributed by atoms with E-state index in [-0.39, 0.29) is 12.0 Å². The molecule has 5 nitrogen and oxygen atoms in total. The number of rotatable bonds is 9. The molecule has 1 aliphatic heterocycles. The fourth-order valence-corrected chi connectivity index (χ4v) is 3.52. The van der Waals surface area contributed by atoms with Gasteiger partial charge in [0.2, 0.25) is 5.75 Å². The first-order chi connectivity index (χ1) is 12.1. The van der Waals surface area contributed by atoms with E-state index in [0.29, 0.717) is 23.9 Å². The molecule has 0 saturated carbocycles. The van der Waals surface area contributed by atoms with Gasteiger partial charge in [0.25, 0.3) is 0 Å². The van der Waals surface area contributed by atoms with Gasteiger partial charge in [-0.1, -0.05) is 13.8 Å². The van der Waals surface area contributed by atoms with Crippen LogP contribution in [0.25, 0.3) is 0 Å². The standard InChI is InChI=1S/C20H33NO4/c1-5-8-21-9-7-17(22)16(14-21)11-15-12-18(23-3)20(25-10-6-2)19(13-15)24-4/h12-13,16-17,22H,5-11,14H2,1-4H3. The van der Waals surface area contributed by atoms with E-state index in [0.717, 1.165) is 50.9 Å². The third-order valence-corrected chi connectivity index (χ3v) is 4.79. The molecule has 1 saturated heterocycles. The van der Waals surface area contributed by atoms with Gasteiger partial charge >= 0.3 is 0 Å². The molecule has 0 bridgehead atoms. The molecular formula is C20H33NO4. The number of likely N-dealkylation sites (tertiary alicyclic amines) is 1. The molecule has 0 amide bonds. The Kier molecular flexibility index (Phi) is 7.85. The van der Waals surface area contributed by atoms with Crippen molar-refractivity contribution in [3.8, 4) is 17.2 Å². The van der Waals surface area contributed by atoms with Gasteiger partial charge in [-0.3, -0.25) is 0 Å². The van der Waals surface area contributed by atoms with Gasteiger partial charge in [0, 0.05) is 19.0 Å². The molecule has 1 aromatic carbocycles. The molecule has 1 N–H and O–H groups in total. The summed E-state index contributed by atoms with van der Waals surface area (Å²) < 4.78 is 16.9. The Morgan fingerprint density at radius 3 is 2.36 bits per heavy atom. The monoisotopic (exact) mass is 351 g/mol. The maximum Gasteiger partial charge on any atom is 0.203 e. The van der Waals surface area contributed by atoms with E-state index in [1.54, 1.807) is 14.2 Å². The molecule has 0 aliphatic carbocycles. The molecule has 1 fully saturated rings. The van der Waals surface area contributed by atoms with Crippen LogP contribution < -0.4 is 14.2 Å². The first kappa shape index (κ1) is 19.9. The predicted octanol–water partition coefficient (Wildman–Crippen LogP) is 3.13. The van der Waals surface area contributed by atoms with Crippen LogP contribution in [-0.2, 0) is 6.42 Å². The van der Waals surface area contributed by atoms with Gasteiger partial charge in [-0.2, -0.15) is 0 Å². The maximum absolute atomic E-state index is 10.4. The van der Waals surface area contributed by atoms with Crippen LogP contribution in [0.4, 0.5) is 0 Å². The minimum absolute atomic E-state index is 0.233. The zero-order chi connectivity index (χ0) is 18.2. The van der Waals surface area contributed by atoms with E-state index in [1.165, 1.54) is 0 Å². The Morgan fingerprint density at radius 2 is 1.80 bits per heavy atom. The average Bonchev–Trinajstić information content (AvgIpc) is 2.62. The number of benzene rings is 1. The number of hydrogen-bond acceptors (Lipinski definition) is 5. The lowest BCUT2D eigenvalue weighted by molar-refractivity contribution is 0.0270. The molecule has 25 heavy (non-hydrogen) atoms. The molecule has 0 spiro atoms. The highest BCUT2D eigenvalue weighted by molar-refractivity contribution is 5.54. The summed E-state index contributed by atoms with van der Waals surface area (Å²) in [6.07, 6.45) is 3.48. The molecule has 1 aliphatic rings. The quantitative estimate of drug-likeness (QED) is 0.741. The van der Waals surface area contributed by atoms with Gasteiger partial charge in [-0.25, -0.2) is 0 Å². The Hall–Kier alpha value is -1.46. The van der Waals surface area contributed by atoms with E-state index in [9.17, 15) is 5.11 Å². The van der Waals surface area contributed by atoms with Crippen molar-refractivity contribution in [1.82, 2.24) is 4.90 Å². The van der Waals surface area contributed by atoms with E-state index < -0.39 is 0 Å². The number of ether oxygens (including phenoxy) is 3. The minimum atomic E-state index is -0.249. The highest BCUT2D eigenvalue weighted by atomic mass is 16.5. The second-order valence-electron chi connectivity index (χ2n) is 6.80. The number of nitrogens with zero attached hydrogens (tertiary/aromatic N) is 1. The summed E-state index contributed by atoms with van der Waals surface area (Å²) in [6, 6.07) is 4.03. The summed E-state index contributed by atoms with van der Waals surface area (Å²) in [6.45, 7) is 7.92. The summed E-state index contributed by atoms with van der Waals surface area (Å²) in [5.41, 5.74) is 1.11. The molecule has 0 radical (unpaired) electrons. The Labute approximate surface area is 151 Å². The SMILES string of the molecule is CCCOc1c(OC)cc(CC2CN(CCC)CCC2O)cc1OC. The number of aliphatic hydroxyl groups is 1. The normalized spacial score (nSPS) is 21.2. The number of hydrogen-bond donors (Lipinski definition) is 1. The summed E-state index contributed by atoms with van der Waals surface area (Å²) in [4.78, 5) is 2.45. The average molecular weight is 351 g/mol. The number of methoxy groups -OCH3 is 2. The van der Waals surface area contributed by atoms with Crippen LogP contribution in [0, 0.1) is 5.92 Å². The molecule has 1 heterocycles. The van der Waals surface area contributed by atoms with E-state index >= 15 is 0 Å². The largest absolute Gasteiger partial charge is 0.493 e. The van der Waals surface area contributed by atoms with Gasteiger partial charge in [-0.15, -0.1) is 0 Å². The van der Waals surface area contributed by atoms with Gasteiger partial charge in [-0.05, 0) is 49.9 Å². The van der Waals surface area contributed by atoms with Crippen molar-refractivity contribution in [2.24, 2.45) is 5.92 Å². The van der Waals surface area contributed by atoms with Crippen LogP contribution in [0.5, 0.6) is 17.2 Å². The molecule has 2 atom stereocenters. The summed E-state index contributed by atoms with van der Waals surface area (Å²) in [5, 5.41) is 10.4. The van der Waals surface area contributed by atoms with Crippen LogP contribution in [-0.4, -0.2) is 56.6 Å². The van der Waals surface area contributed by atoms with Crippen molar-refractivity contribution in [2.45, 2.75) is 45.6 Å². The van der Waals surface area contributed by atoms with Crippen LogP contribution >= 0.6 is 0 Å². The summed E-state index contributed by atoms with van der Waals surface area (Å²) in [5.74, 6) is 2.28. The Bertz CT molecular complexity index is 509. The molecular weight excluding hydrogens is 318 g/mol. The third kappa shape index (κ3) is 5.25. The van der Waals surface area contributed by atoms with Crippen molar-refractivity contribution in [3.05, 3.63) is 17.7 Å². The van der Waals surface area contributed by atoms with Crippen LogP contribution in [0.15, 0.2) is 12.1 Å². The summed E-state index contributed by atoms with van der Waals surface area (Å²) in [7, 11) is 3.30. The first-order valence-electron chi connectivity index (χ1n) is 9.40. The fourth-order valence-electron chi connectivity index (χ4n) is 3.52. The third-order valence-electron chi connectivity index (χ3n) is 4.79. The van der Waals surface area contributed by atoms with Crippen LogP contribution in [0.2, 0.25) is 0 Å². The maximum atomic E-state index is 10.4. The topological polar surface area (TPSA) is 51.2 Å². The van der Waals surface area contributed by atoms with E-state index in [2.05, 4.69) is 18.7 Å². The van der Waals surface area contributed by atoms with E-state index in [1.807, 2.05) is 12.1 Å². The lowest BCUT2D eigenvalue weighted by atomic mass is 9.88. The Morgan fingerprint density at radius 1 is 1.12 bits per heavy atom. The highest BCUT2D eigenvalue weighted by Gasteiger charge is 2.28. The van der Waals surface area contributed by atoms with Crippen molar-refractivity contribution in [2.75, 3.05) is 40.5 Å². The van der Waals surface area contributed by atoms with Gasteiger partial charge in [0.1, 0.15) is 0 Å². The van der Waals surface area contributed by atoms with E-state index in [4.69, 9.17) is 14.2 Å². The smallest absolute Gasteiger partial charge is 0.203 e. The molecule has 5 heteroatoms. The lowest BCUT2D eigenvalue weighted by Gasteiger charge is -2.36. The zero-order valence-electron chi connectivity index (χ0n) is 16.1. The second kappa shape index (κ2) is 9.88. The second-order valence-corrected chi connectivity index (χ2v) is 6.80. The molecule has 2 unspecified atom stereocenters. The fraction of sp³-hybridized carbons (Fsp3) is 0.700. The van der Waals surface area contributed by atoms with Crippen LogP contribution in [0.3, 0.4) is 0 Å². The lowest BCUT2D eigenvalue weighted by Crippen LogP contribution is -2.44. The minimum Gasteiger partial charge on any atom is -0.493 e. The molecule has 1 aromatic rings. The van der Waals surface area contributed by atoms with Crippen molar-refractivity contribution < 1.29 is 19.3 Å². The number of piperidine rings is 1. The van der Waals surface area contributed by atoms with Gasteiger partial charge in [0.05, 0.1) is 26.9 Å².